The SMILES string of the molecule is O=C(NCCc1nc2ccccc2[nH]1)C1CCCN(c2ccccn2)C1. The van der Waals surface area contributed by atoms with Crippen LogP contribution in [0.15, 0.2) is 48.7 Å². The average Bonchev–Trinajstić information content (AvgIpc) is 3.11. The largest absolute Gasteiger partial charge is 0.356 e. The van der Waals surface area contributed by atoms with Crippen molar-refractivity contribution in [2.75, 3.05) is 24.5 Å². The molecule has 1 aromatic carbocycles. The van der Waals surface area contributed by atoms with Crippen LogP contribution < -0.4 is 10.2 Å². The Bertz CT molecular complexity index is 843. The third kappa shape index (κ3) is 3.69. The first-order chi connectivity index (χ1) is 12.8. The van der Waals surface area contributed by atoms with E-state index in [2.05, 4.69) is 25.2 Å². The maximum absolute atomic E-state index is 12.5. The van der Waals surface area contributed by atoms with E-state index in [0.717, 1.165) is 48.6 Å². The minimum absolute atomic E-state index is 0.0152. The summed E-state index contributed by atoms with van der Waals surface area (Å²) in [6.45, 7) is 2.28. The standard InChI is InChI=1S/C20H23N5O/c26-20(15-6-5-13-25(14-15)19-9-3-4-11-21-19)22-12-10-18-23-16-7-1-2-8-17(16)24-18/h1-4,7-9,11,15H,5-6,10,12-14H2,(H,22,26)(H,23,24). The molecule has 6 nitrogen and oxygen atoms in total. The number of anilines is 1. The zero-order valence-corrected chi connectivity index (χ0v) is 14.7. The number of nitrogens with zero attached hydrogens (tertiary/aromatic N) is 3. The summed E-state index contributed by atoms with van der Waals surface area (Å²) in [6.07, 6.45) is 4.45. The predicted octanol–water partition coefficient (Wildman–Crippen LogP) is 2.53. The van der Waals surface area contributed by atoms with Crippen LogP contribution >= 0.6 is 0 Å². The van der Waals surface area contributed by atoms with Gasteiger partial charge in [-0.05, 0) is 37.1 Å². The highest BCUT2D eigenvalue weighted by atomic mass is 16.1. The summed E-state index contributed by atoms with van der Waals surface area (Å²) < 4.78 is 0. The van der Waals surface area contributed by atoms with Gasteiger partial charge in [-0.2, -0.15) is 0 Å². The molecule has 26 heavy (non-hydrogen) atoms. The topological polar surface area (TPSA) is 73.9 Å². The Kier molecular flexibility index (Phi) is 4.82. The van der Waals surface area contributed by atoms with Crippen LogP contribution in [0, 0.1) is 5.92 Å². The van der Waals surface area contributed by atoms with Gasteiger partial charge in [0.15, 0.2) is 0 Å². The van der Waals surface area contributed by atoms with E-state index >= 15 is 0 Å². The third-order valence-corrected chi connectivity index (χ3v) is 4.86. The van der Waals surface area contributed by atoms with Crippen LogP contribution in [0.25, 0.3) is 11.0 Å². The van der Waals surface area contributed by atoms with Crippen LogP contribution in [-0.2, 0) is 11.2 Å². The van der Waals surface area contributed by atoms with Gasteiger partial charge in [-0.3, -0.25) is 4.79 Å². The molecule has 1 saturated heterocycles. The molecule has 0 saturated carbocycles. The molecule has 0 radical (unpaired) electrons. The van der Waals surface area contributed by atoms with Crippen molar-refractivity contribution in [2.45, 2.75) is 19.3 Å². The van der Waals surface area contributed by atoms with Gasteiger partial charge in [-0.1, -0.05) is 18.2 Å². The quantitative estimate of drug-likeness (QED) is 0.742. The summed E-state index contributed by atoms with van der Waals surface area (Å²) in [5, 5.41) is 3.07. The van der Waals surface area contributed by atoms with Crippen molar-refractivity contribution in [3.05, 3.63) is 54.5 Å². The van der Waals surface area contributed by atoms with Crippen LogP contribution in [0.3, 0.4) is 0 Å². The molecule has 1 aliphatic rings. The molecule has 0 spiro atoms. The van der Waals surface area contributed by atoms with Crippen LogP contribution in [0.2, 0.25) is 0 Å². The smallest absolute Gasteiger partial charge is 0.224 e. The molecule has 0 aliphatic carbocycles. The number of carbonyl (C=O) groups is 1. The number of benzene rings is 1. The Morgan fingerprint density at radius 2 is 2.12 bits per heavy atom. The van der Waals surface area contributed by atoms with Crippen LogP contribution in [0.1, 0.15) is 18.7 Å². The van der Waals surface area contributed by atoms with Gasteiger partial charge in [-0.25, -0.2) is 9.97 Å². The summed E-state index contributed by atoms with van der Waals surface area (Å²) >= 11 is 0. The second-order valence-corrected chi connectivity index (χ2v) is 6.71. The zero-order chi connectivity index (χ0) is 17.8. The van der Waals surface area contributed by atoms with Crippen molar-refractivity contribution in [2.24, 2.45) is 5.92 Å². The minimum atomic E-state index is 0.0152. The van der Waals surface area contributed by atoms with Gasteiger partial charge >= 0.3 is 0 Å². The highest BCUT2D eigenvalue weighted by Crippen LogP contribution is 2.21. The number of aromatic amines is 1. The van der Waals surface area contributed by atoms with Crippen molar-refractivity contribution in [1.29, 1.82) is 0 Å². The number of amides is 1. The highest BCUT2D eigenvalue weighted by Gasteiger charge is 2.26. The lowest BCUT2D eigenvalue weighted by molar-refractivity contribution is -0.125. The zero-order valence-electron chi connectivity index (χ0n) is 14.7. The fraction of sp³-hybridized carbons (Fsp3) is 0.350. The third-order valence-electron chi connectivity index (χ3n) is 4.86. The molecular formula is C20H23N5O. The van der Waals surface area contributed by atoms with Crippen molar-refractivity contribution in [1.82, 2.24) is 20.3 Å². The number of carbonyl (C=O) groups excluding carboxylic acids is 1. The Morgan fingerprint density at radius 1 is 1.23 bits per heavy atom. The van der Waals surface area contributed by atoms with Crippen molar-refractivity contribution >= 4 is 22.8 Å². The van der Waals surface area contributed by atoms with Crippen LogP contribution in [-0.4, -0.2) is 40.5 Å². The van der Waals surface area contributed by atoms with E-state index in [-0.39, 0.29) is 11.8 Å². The molecule has 3 heterocycles. The minimum Gasteiger partial charge on any atom is -0.356 e. The fourth-order valence-corrected chi connectivity index (χ4v) is 3.51. The second-order valence-electron chi connectivity index (χ2n) is 6.71. The molecule has 1 amide bonds. The molecular weight excluding hydrogens is 326 g/mol. The van der Waals surface area contributed by atoms with Gasteiger partial charge in [0.25, 0.3) is 0 Å². The van der Waals surface area contributed by atoms with Crippen molar-refractivity contribution in [3.8, 4) is 0 Å². The summed E-state index contributed by atoms with van der Waals surface area (Å²) in [4.78, 5) is 27.0. The number of hydrogen-bond donors (Lipinski definition) is 2. The summed E-state index contributed by atoms with van der Waals surface area (Å²) in [5.74, 6) is 2.00. The number of pyridine rings is 1. The predicted molar refractivity (Wildman–Crippen MR) is 102 cm³/mol. The lowest BCUT2D eigenvalue weighted by atomic mass is 9.97. The van der Waals surface area contributed by atoms with E-state index < -0.39 is 0 Å². The van der Waals surface area contributed by atoms with Gasteiger partial charge < -0.3 is 15.2 Å². The van der Waals surface area contributed by atoms with E-state index in [9.17, 15) is 4.79 Å². The molecule has 4 rings (SSSR count). The number of piperidine rings is 1. The summed E-state index contributed by atoms with van der Waals surface area (Å²) in [6, 6.07) is 13.9. The van der Waals surface area contributed by atoms with Crippen LogP contribution in [0.5, 0.6) is 0 Å². The molecule has 2 N–H and O–H groups in total. The molecule has 3 aromatic rings. The highest BCUT2D eigenvalue weighted by molar-refractivity contribution is 5.79. The number of rotatable bonds is 5. The Hall–Kier alpha value is -2.89. The van der Waals surface area contributed by atoms with Gasteiger partial charge in [0.05, 0.1) is 17.0 Å². The summed E-state index contributed by atoms with van der Waals surface area (Å²) in [5.41, 5.74) is 2.00. The first-order valence-corrected chi connectivity index (χ1v) is 9.17. The number of imidazole rings is 1. The first kappa shape index (κ1) is 16.6. The van der Waals surface area contributed by atoms with E-state index in [4.69, 9.17) is 0 Å². The van der Waals surface area contributed by atoms with Gasteiger partial charge in [-0.15, -0.1) is 0 Å². The number of nitrogens with one attached hydrogen (secondary N) is 2. The van der Waals surface area contributed by atoms with Crippen molar-refractivity contribution < 1.29 is 4.79 Å². The number of fused-ring (bicyclic) bond motifs is 1. The van der Waals surface area contributed by atoms with Gasteiger partial charge in [0, 0.05) is 32.3 Å². The maximum Gasteiger partial charge on any atom is 0.224 e. The Labute approximate surface area is 152 Å². The number of hydrogen-bond acceptors (Lipinski definition) is 4. The molecule has 1 fully saturated rings. The second kappa shape index (κ2) is 7.56. The first-order valence-electron chi connectivity index (χ1n) is 9.17. The number of para-hydroxylation sites is 2. The lowest BCUT2D eigenvalue weighted by Crippen LogP contribution is -2.43. The molecule has 1 atom stereocenters. The molecule has 0 bridgehead atoms. The lowest BCUT2D eigenvalue weighted by Gasteiger charge is -2.32. The van der Waals surface area contributed by atoms with Crippen LogP contribution in [0.4, 0.5) is 5.82 Å². The monoisotopic (exact) mass is 349 g/mol. The van der Waals surface area contributed by atoms with E-state index in [1.54, 1.807) is 6.20 Å². The molecule has 1 unspecified atom stereocenters. The molecule has 6 heteroatoms. The van der Waals surface area contributed by atoms with Gasteiger partial charge in [0.1, 0.15) is 11.6 Å². The summed E-state index contributed by atoms with van der Waals surface area (Å²) in [7, 11) is 0. The molecule has 134 valence electrons. The normalized spacial score (nSPS) is 17.4. The molecule has 1 aliphatic heterocycles. The van der Waals surface area contributed by atoms with Gasteiger partial charge in [0.2, 0.25) is 5.91 Å². The van der Waals surface area contributed by atoms with E-state index in [1.165, 1.54) is 0 Å². The van der Waals surface area contributed by atoms with Crippen molar-refractivity contribution in [3.63, 3.8) is 0 Å². The Balaban J connectivity index is 1.30. The van der Waals surface area contributed by atoms with E-state index in [1.807, 2.05) is 42.5 Å². The maximum atomic E-state index is 12.5. The Morgan fingerprint density at radius 3 is 2.96 bits per heavy atom. The van der Waals surface area contributed by atoms with E-state index in [0.29, 0.717) is 13.0 Å². The number of aromatic nitrogens is 3. The number of H-pyrrole nitrogens is 1. The average molecular weight is 349 g/mol. The molecule has 2 aromatic heterocycles. The fourth-order valence-electron chi connectivity index (χ4n) is 3.51.